The summed E-state index contributed by atoms with van der Waals surface area (Å²) in [6.45, 7) is 9.45. The number of nitrogens with one attached hydrogen (secondary N) is 1. The van der Waals surface area contributed by atoms with E-state index in [-0.39, 0.29) is 0 Å². The minimum absolute atomic E-state index is 0.360. The first-order chi connectivity index (χ1) is 10.2. The van der Waals surface area contributed by atoms with E-state index in [1.165, 1.54) is 51.7 Å². The van der Waals surface area contributed by atoms with Crippen LogP contribution in [-0.4, -0.2) is 45.7 Å². The predicted molar refractivity (Wildman–Crippen MR) is 86.2 cm³/mol. The van der Waals surface area contributed by atoms with Gasteiger partial charge in [0.05, 0.1) is 6.33 Å². The number of hydrogen-bond acceptors (Lipinski definition) is 3. The van der Waals surface area contributed by atoms with Crippen molar-refractivity contribution in [1.29, 1.82) is 0 Å². The summed E-state index contributed by atoms with van der Waals surface area (Å²) in [6, 6.07) is 0.726. The van der Waals surface area contributed by atoms with Crippen LogP contribution in [0.5, 0.6) is 0 Å². The summed E-state index contributed by atoms with van der Waals surface area (Å²) in [6.07, 6.45) is 12.5. The van der Waals surface area contributed by atoms with Gasteiger partial charge in [0.15, 0.2) is 0 Å². The van der Waals surface area contributed by atoms with Gasteiger partial charge in [0, 0.05) is 50.2 Å². The third kappa shape index (κ3) is 3.67. The molecule has 2 fully saturated rings. The fraction of sp³-hybridized carbons (Fsp3) is 0.824. The largest absolute Gasteiger partial charge is 0.337 e. The molecule has 0 spiro atoms. The summed E-state index contributed by atoms with van der Waals surface area (Å²) in [5.41, 5.74) is 0.360. The zero-order valence-corrected chi connectivity index (χ0v) is 13.6. The van der Waals surface area contributed by atoms with Crippen LogP contribution in [0.3, 0.4) is 0 Å². The standard InChI is InChI=1S/C17H30N4/c1-3-5-16-12-19-17(2,15-6-7-15)13-21(16)10-4-9-20-11-8-18-14-20/h8,11,14-16,19H,3-7,9-10,12-13H2,1-2H3. The third-order valence-corrected chi connectivity index (χ3v) is 5.31. The lowest BCUT2D eigenvalue weighted by atomic mass is 9.90. The fourth-order valence-electron chi connectivity index (χ4n) is 3.84. The number of nitrogens with zero attached hydrogens (tertiary/aromatic N) is 3. The molecule has 1 saturated heterocycles. The molecular formula is C17H30N4. The lowest BCUT2D eigenvalue weighted by Gasteiger charge is -2.47. The molecule has 0 radical (unpaired) electrons. The van der Waals surface area contributed by atoms with Gasteiger partial charge >= 0.3 is 0 Å². The maximum Gasteiger partial charge on any atom is 0.0945 e. The zero-order valence-electron chi connectivity index (χ0n) is 13.6. The van der Waals surface area contributed by atoms with Crippen LogP contribution < -0.4 is 5.32 Å². The number of rotatable bonds is 7. The Kier molecular flexibility index (Phi) is 4.65. The van der Waals surface area contributed by atoms with Crippen LogP contribution in [0.25, 0.3) is 0 Å². The first-order valence-electron chi connectivity index (χ1n) is 8.66. The molecule has 1 N–H and O–H groups in total. The van der Waals surface area contributed by atoms with Crippen molar-refractivity contribution in [2.45, 2.75) is 64.1 Å². The van der Waals surface area contributed by atoms with Crippen molar-refractivity contribution in [2.24, 2.45) is 5.92 Å². The van der Waals surface area contributed by atoms with Crippen LogP contribution in [-0.2, 0) is 6.54 Å². The Balaban J connectivity index is 1.54. The van der Waals surface area contributed by atoms with E-state index in [0.29, 0.717) is 5.54 Å². The van der Waals surface area contributed by atoms with E-state index in [1.807, 2.05) is 12.5 Å². The summed E-state index contributed by atoms with van der Waals surface area (Å²) in [7, 11) is 0. The highest BCUT2D eigenvalue weighted by Gasteiger charge is 2.45. The molecular weight excluding hydrogens is 260 g/mol. The SMILES string of the molecule is CCCC1CNC(C)(C2CC2)CN1CCCn1ccnc1. The molecule has 0 bridgehead atoms. The van der Waals surface area contributed by atoms with E-state index < -0.39 is 0 Å². The van der Waals surface area contributed by atoms with E-state index in [0.717, 1.165) is 18.5 Å². The minimum atomic E-state index is 0.360. The normalized spacial score (nSPS) is 30.7. The van der Waals surface area contributed by atoms with Crippen LogP contribution in [0.1, 0.15) is 46.0 Å². The Morgan fingerprint density at radius 1 is 1.33 bits per heavy atom. The molecule has 3 rings (SSSR count). The van der Waals surface area contributed by atoms with Gasteiger partial charge in [-0.05, 0) is 38.5 Å². The van der Waals surface area contributed by atoms with Crippen LogP contribution in [0.2, 0.25) is 0 Å². The van der Waals surface area contributed by atoms with Gasteiger partial charge in [-0.3, -0.25) is 4.90 Å². The molecule has 4 nitrogen and oxygen atoms in total. The van der Waals surface area contributed by atoms with Gasteiger partial charge in [-0.2, -0.15) is 0 Å². The van der Waals surface area contributed by atoms with Gasteiger partial charge in [0.1, 0.15) is 0 Å². The molecule has 2 aliphatic rings. The first kappa shape index (κ1) is 15.0. The van der Waals surface area contributed by atoms with Gasteiger partial charge < -0.3 is 9.88 Å². The quantitative estimate of drug-likeness (QED) is 0.837. The summed E-state index contributed by atoms with van der Waals surface area (Å²) in [5.74, 6) is 0.913. The fourth-order valence-corrected chi connectivity index (χ4v) is 3.84. The molecule has 21 heavy (non-hydrogen) atoms. The van der Waals surface area contributed by atoms with Crippen LogP contribution >= 0.6 is 0 Å². The molecule has 0 aromatic carbocycles. The molecule has 0 amide bonds. The van der Waals surface area contributed by atoms with E-state index in [4.69, 9.17) is 0 Å². The number of imidazole rings is 1. The Labute approximate surface area is 128 Å². The molecule has 118 valence electrons. The highest BCUT2D eigenvalue weighted by Crippen LogP contribution is 2.41. The van der Waals surface area contributed by atoms with E-state index in [9.17, 15) is 0 Å². The van der Waals surface area contributed by atoms with E-state index in [2.05, 4.69) is 39.8 Å². The van der Waals surface area contributed by atoms with Crippen molar-refractivity contribution in [3.63, 3.8) is 0 Å². The molecule has 1 aliphatic carbocycles. The molecule has 2 atom stereocenters. The Morgan fingerprint density at radius 2 is 2.19 bits per heavy atom. The number of aromatic nitrogens is 2. The maximum absolute atomic E-state index is 4.13. The van der Waals surface area contributed by atoms with Gasteiger partial charge in [0.2, 0.25) is 0 Å². The molecule has 1 aliphatic heterocycles. The minimum Gasteiger partial charge on any atom is -0.337 e. The first-order valence-corrected chi connectivity index (χ1v) is 8.66. The highest BCUT2D eigenvalue weighted by molar-refractivity contribution is 5.04. The summed E-state index contributed by atoms with van der Waals surface area (Å²) < 4.78 is 2.19. The second-order valence-electron chi connectivity index (χ2n) is 7.14. The molecule has 1 aromatic heterocycles. The van der Waals surface area contributed by atoms with Crippen molar-refractivity contribution >= 4 is 0 Å². The van der Waals surface area contributed by atoms with Crippen LogP contribution in [0, 0.1) is 5.92 Å². The summed E-state index contributed by atoms with van der Waals surface area (Å²) in [5, 5.41) is 3.87. The topological polar surface area (TPSA) is 33.1 Å². The number of hydrogen-bond donors (Lipinski definition) is 1. The van der Waals surface area contributed by atoms with Crippen LogP contribution in [0.15, 0.2) is 18.7 Å². The second-order valence-corrected chi connectivity index (χ2v) is 7.14. The van der Waals surface area contributed by atoms with Crippen molar-refractivity contribution < 1.29 is 0 Å². The monoisotopic (exact) mass is 290 g/mol. The number of aryl methyl sites for hydroxylation is 1. The Hall–Kier alpha value is -0.870. The molecule has 1 saturated carbocycles. The van der Waals surface area contributed by atoms with Gasteiger partial charge in [-0.1, -0.05) is 13.3 Å². The zero-order chi connectivity index (χ0) is 14.7. The Morgan fingerprint density at radius 3 is 2.86 bits per heavy atom. The van der Waals surface area contributed by atoms with Crippen molar-refractivity contribution in [3.05, 3.63) is 18.7 Å². The lowest BCUT2D eigenvalue weighted by molar-refractivity contribution is 0.0682. The molecule has 2 heterocycles. The summed E-state index contributed by atoms with van der Waals surface area (Å²) in [4.78, 5) is 6.89. The van der Waals surface area contributed by atoms with E-state index >= 15 is 0 Å². The molecule has 1 aromatic rings. The summed E-state index contributed by atoms with van der Waals surface area (Å²) >= 11 is 0. The lowest BCUT2D eigenvalue weighted by Crippen LogP contribution is -2.64. The van der Waals surface area contributed by atoms with Crippen LogP contribution in [0.4, 0.5) is 0 Å². The third-order valence-electron chi connectivity index (χ3n) is 5.31. The van der Waals surface area contributed by atoms with Gasteiger partial charge in [0.25, 0.3) is 0 Å². The highest BCUT2D eigenvalue weighted by atomic mass is 15.3. The average molecular weight is 290 g/mol. The van der Waals surface area contributed by atoms with Crippen molar-refractivity contribution in [2.75, 3.05) is 19.6 Å². The maximum atomic E-state index is 4.13. The van der Waals surface area contributed by atoms with Gasteiger partial charge in [-0.15, -0.1) is 0 Å². The average Bonchev–Trinajstić information content (AvgIpc) is 3.22. The van der Waals surface area contributed by atoms with Crippen molar-refractivity contribution in [3.8, 4) is 0 Å². The number of piperazine rings is 1. The predicted octanol–water partition coefficient (Wildman–Crippen LogP) is 2.52. The van der Waals surface area contributed by atoms with E-state index in [1.54, 1.807) is 0 Å². The smallest absolute Gasteiger partial charge is 0.0945 e. The van der Waals surface area contributed by atoms with Gasteiger partial charge in [-0.25, -0.2) is 4.98 Å². The Bertz CT molecular complexity index is 426. The second kappa shape index (κ2) is 6.49. The van der Waals surface area contributed by atoms with Crippen molar-refractivity contribution in [1.82, 2.24) is 19.8 Å². The molecule has 2 unspecified atom stereocenters. The molecule has 4 heteroatoms.